The van der Waals surface area contributed by atoms with Gasteiger partial charge in [0.15, 0.2) is 0 Å². The summed E-state index contributed by atoms with van der Waals surface area (Å²) in [6.45, 7) is 5.66. The van der Waals surface area contributed by atoms with Crippen LogP contribution < -0.4 is 15.5 Å². The summed E-state index contributed by atoms with van der Waals surface area (Å²) in [7, 11) is 0. The maximum Gasteiger partial charge on any atom is 0.323 e. The highest BCUT2D eigenvalue weighted by Gasteiger charge is 2.26. The third kappa shape index (κ3) is 5.64. The van der Waals surface area contributed by atoms with Crippen molar-refractivity contribution in [3.05, 3.63) is 53.6 Å². The Labute approximate surface area is 195 Å². The molecule has 2 aromatic rings. The van der Waals surface area contributed by atoms with Gasteiger partial charge in [-0.25, -0.2) is 4.79 Å². The third-order valence-corrected chi connectivity index (χ3v) is 6.50. The molecule has 7 nitrogen and oxygen atoms in total. The Morgan fingerprint density at radius 1 is 0.939 bits per heavy atom. The van der Waals surface area contributed by atoms with Crippen LogP contribution in [0.25, 0.3) is 0 Å². The summed E-state index contributed by atoms with van der Waals surface area (Å²) in [5, 5.41) is 14.6. The first-order valence-electron chi connectivity index (χ1n) is 11.8. The minimum absolute atomic E-state index is 0.0354. The van der Waals surface area contributed by atoms with Crippen LogP contribution in [-0.2, 0) is 0 Å². The Bertz CT molecular complexity index is 1050. The second kappa shape index (κ2) is 10.4. The predicted molar refractivity (Wildman–Crippen MR) is 131 cm³/mol. The van der Waals surface area contributed by atoms with Crippen molar-refractivity contribution in [3.8, 4) is 6.07 Å². The molecular formula is C26H31N5O2. The minimum atomic E-state index is -0.416. The molecule has 0 radical (unpaired) electrons. The Balaban J connectivity index is 1.54. The molecule has 3 amide bonds. The smallest absolute Gasteiger partial charge is 0.323 e. The number of nitrogens with zero attached hydrogens (tertiary/aromatic N) is 3. The monoisotopic (exact) mass is 445 g/mol. The van der Waals surface area contributed by atoms with Crippen molar-refractivity contribution in [1.29, 1.82) is 5.26 Å². The summed E-state index contributed by atoms with van der Waals surface area (Å²) < 4.78 is 0. The molecule has 0 bridgehead atoms. The number of anilines is 3. The van der Waals surface area contributed by atoms with E-state index in [1.54, 1.807) is 30.3 Å². The van der Waals surface area contributed by atoms with Gasteiger partial charge in [0.2, 0.25) is 0 Å². The van der Waals surface area contributed by atoms with Crippen LogP contribution in [0, 0.1) is 17.2 Å². The van der Waals surface area contributed by atoms with Gasteiger partial charge in [-0.05, 0) is 74.4 Å². The number of nitriles is 1. The van der Waals surface area contributed by atoms with E-state index in [2.05, 4.69) is 28.5 Å². The molecule has 2 aromatic carbocycles. The van der Waals surface area contributed by atoms with Gasteiger partial charge in [-0.2, -0.15) is 5.26 Å². The van der Waals surface area contributed by atoms with Gasteiger partial charge in [0, 0.05) is 43.2 Å². The van der Waals surface area contributed by atoms with Crippen LogP contribution >= 0.6 is 0 Å². The quantitative estimate of drug-likeness (QED) is 0.688. The van der Waals surface area contributed by atoms with Crippen molar-refractivity contribution in [2.75, 3.05) is 41.7 Å². The number of amides is 3. The zero-order valence-corrected chi connectivity index (χ0v) is 19.1. The molecular weight excluding hydrogens is 414 g/mol. The normalized spacial score (nSPS) is 16.7. The van der Waals surface area contributed by atoms with Crippen LogP contribution in [0.3, 0.4) is 0 Å². The number of carbonyl (C=O) groups is 2. The number of benzene rings is 2. The third-order valence-electron chi connectivity index (χ3n) is 6.50. The zero-order valence-electron chi connectivity index (χ0n) is 19.1. The van der Waals surface area contributed by atoms with Crippen LogP contribution in [0.5, 0.6) is 0 Å². The highest BCUT2D eigenvalue weighted by molar-refractivity contribution is 6.04. The minimum Gasteiger partial charge on any atom is -0.371 e. The molecule has 2 aliphatic rings. The van der Waals surface area contributed by atoms with Crippen molar-refractivity contribution in [2.24, 2.45) is 5.92 Å². The summed E-state index contributed by atoms with van der Waals surface area (Å²) in [5.74, 6) is 0.681. The van der Waals surface area contributed by atoms with Gasteiger partial charge in [0.1, 0.15) is 0 Å². The second-order valence-electron chi connectivity index (χ2n) is 9.03. The number of urea groups is 1. The molecule has 2 saturated heterocycles. The van der Waals surface area contributed by atoms with Crippen LogP contribution in [-0.4, -0.2) is 43.0 Å². The Hall–Kier alpha value is -3.53. The van der Waals surface area contributed by atoms with Crippen LogP contribution in [0.15, 0.2) is 42.5 Å². The van der Waals surface area contributed by atoms with E-state index in [4.69, 9.17) is 5.26 Å². The van der Waals surface area contributed by atoms with Gasteiger partial charge >= 0.3 is 6.03 Å². The number of likely N-dealkylation sites (tertiary alicyclic amines) is 1. The van der Waals surface area contributed by atoms with E-state index in [0.717, 1.165) is 57.5 Å². The van der Waals surface area contributed by atoms with Gasteiger partial charge in [-0.3, -0.25) is 4.79 Å². The molecule has 0 saturated carbocycles. The molecule has 0 aromatic heterocycles. The van der Waals surface area contributed by atoms with Crippen molar-refractivity contribution in [3.63, 3.8) is 0 Å². The Morgan fingerprint density at radius 2 is 1.64 bits per heavy atom. The molecule has 2 fully saturated rings. The van der Waals surface area contributed by atoms with Gasteiger partial charge < -0.3 is 20.4 Å². The number of piperidine rings is 2. The van der Waals surface area contributed by atoms with E-state index in [1.807, 2.05) is 17.0 Å². The molecule has 4 rings (SSSR count). The average molecular weight is 446 g/mol. The van der Waals surface area contributed by atoms with Crippen LogP contribution in [0.1, 0.15) is 54.9 Å². The van der Waals surface area contributed by atoms with E-state index in [1.165, 1.54) is 6.42 Å². The fourth-order valence-corrected chi connectivity index (χ4v) is 4.54. The highest BCUT2D eigenvalue weighted by atomic mass is 16.2. The lowest BCUT2D eigenvalue weighted by molar-refractivity contribution is 0.0697. The van der Waals surface area contributed by atoms with Crippen molar-refractivity contribution < 1.29 is 9.59 Å². The molecule has 2 aliphatic heterocycles. The molecule has 172 valence electrons. The summed E-state index contributed by atoms with van der Waals surface area (Å²) in [6, 6.07) is 14.0. The largest absolute Gasteiger partial charge is 0.371 e. The lowest BCUT2D eigenvalue weighted by atomic mass is 9.98. The van der Waals surface area contributed by atoms with E-state index in [0.29, 0.717) is 28.4 Å². The molecule has 0 aliphatic carbocycles. The molecule has 2 heterocycles. The van der Waals surface area contributed by atoms with Crippen LogP contribution in [0.2, 0.25) is 0 Å². The first kappa shape index (κ1) is 22.7. The molecule has 7 heteroatoms. The average Bonchev–Trinajstić information content (AvgIpc) is 2.84. The molecule has 0 unspecified atom stereocenters. The van der Waals surface area contributed by atoms with Gasteiger partial charge in [0.05, 0.1) is 17.2 Å². The maximum absolute atomic E-state index is 13.5. The Kier molecular flexibility index (Phi) is 7.13. The van der Waals surface area contributed by atoms with Gasteiger partial charge in [0.25, 0.3) is 5.91 Å². The zero-order chi connectivity index (χ0) is 23.2. The van der Waals surface area contributed by atoms with Crippen LogP contribution in [0.4, 0.5) is 21.9 Å². The summed E-state index contributed by atoms with van der Waals surface area (Å²) in [6.07, 6.45) is 5.51. The Morgan fingerprint density at radius 3 is 2.33 bits per heavy atom. The molecule has 2 N–H and O–H groups in total. The summed E-state index contributed by atoms with van der Waals surface area (Å²) in [4.78, 5) is 30.3. The number of nitrogens with one attached hydrogen (secondary N) is 2. The fourth-order valence-electron chi connectivity index (χ4n) is 4.54. The predicted octanol–water partition coefficient (Wildman–Crippen LogP) is 5.06. The lowest BCUT2D eigenvalue weighted by Gasteiger charge is -2.34. The molecule has 33 heavy (non-hydrogen) atoms. The SMILES string of the molecule is CC1CCN(C(=O)c2cc(NC(=O)Nc3cccc(C#N)c3)ccc2N2CCCCC2)CC1. The second-order valence-corrected chi connectivity index (χ2v) is 9.03. The maximum atomic E-state index is 13.5. The van der Waals surface area contributed by atoms with E-state index in [9.17, 15) is 9.59 Å². The van der Waals surface area contributed by atoms with E-state index >= 15 is 0 Å². The standard InChI is InChI=1S/C26H31N5O2/c1-19-10-14-31(15-11-19)25(32)23-17-22(8-9-24(23)30-12-3-2-4-13-30)29-26(33)28-21-7-5-6-20(16-21)18-27/h5-9,16-17,19H,2-4,10-15H2,1H3,(H2,28,29,33). The lowest BCUT2D eigenvalue weighted by Crippen LogP contribution is -2.39. The van der Waals surface area contributed by atoms with E-state index < -0.39 is 6.03 Å². The van der Waals surface area contributed by atoms with Crippen molar-refractivity contribution >= 4 is 29.0 Å². The first-order valence-corrected chi connectivity index (χ1v) is 11.8. The van der Waals surface area contributed by atoms with E-state index in [-0.39, 0.29) is 5.91 Å². The fraction of sp³-hybridized carbons (Fsp3) is 0.423. The van der Waals surface area contributed by atoms with Gasteiger partial charge in [-0.15, -0.1) is 0 Å². The first-order chi connectivity index (χ1) is 16.0. The highest BCUT2D eigenvalue weighted by Crippen LogP contribution is 2.30. The van der Waals surface area contributed by atoms with Crippen molar-refractivity contribution in [2.45, 2.75) is 39.0 Å². The topological polar surface area (TPSA) is 88.5 Å². The molecule has 0 spiro atoms. The number of rotatable bonds is 4. The summed E-state index contributed by atoms with van der Waals surface area (Å²) in [5.41, 5.74) is 3.18. The molecule has 0 atom stereocenters. The summed E-state index contributed by atoms with van der Waals surface area (Å²) >= 11 is 0. The number of hydrogen-bond acceptors (Lipinski definition) is 4. The van der Waals surface area contributed by atoms with Crippen molar-refractivity contribution in [1.82, 2.24) is 4.90 Å². The van der Waals surface area contributed by atoms with Gasteiger partial charge in [-0.1, -0.05) is 13.0 Å². The number of carbonyl (C=O) groups excluding carboxylic acids is 2. The number of hydrogen-bond donors (Lipinski definition) is 2.